The summed E-state index contributed by atoms with van der Waals surface area (Å²) in [7, 11) is 0. The largest absolute Gasteiger partial charge is 0.388 e. The van der Waals surface area contributed by atoms with Gasteiger partial charge in [-0.15, -0.1) is 5.10 Å². The molecule has 44 heavy (non-hydrogen) atoms. The van der Waals surface area contributed by atoms with E-state index < -0.39 is 23.1 Å². The summed E-state index contributed by atoms with van der Waals surface area (Å²) < 4.78 is 47.7. The summed E-state index contributed by atoms with van der Waals surface area (Å²) in [6, 6.07) is 11.9. The minimum Gasteiger partial charge on any atom is -0.388 e. The first kappa shape index (κ1) is 29.8. The number of hydrogen-bond donors (Lipinski definition) is 2. The Bertz CT molecular complexity index is 1800. The number of hydrogen-bond acceptors (Lipinski definition) is 6. The average molecular weight is 603 g/mol. The topological polar surface area (TPSA) is 121 Å². The number of aromatic nitrogens is 3. The zero-order chi connectivity index (χ0) is 31.3. The van der Waals surface area contributed by atoms with E-state index in [2.05, 4.69) is 10.3 Å². The number of carbonyl (C=O) groups excluding carboxylic acids is 1. The van der Waals surface area contributed by atoms with Crippen LogP contribution in [0.1, 0.15) is 68.3 Å². The number of aliphatic hydroxyl groups is 1. The van der Waals surface area contributed by atoms with Crippen LogP contribution in [-0.2, 0) is 6.54 Å². The first-order valence-electron chi connectivity index (χ1n) is 14.9. The highest BCUT2D eigenvalue weighted by molar-refractivity contribution is 5.99. The van der Waals surface area contributed by atoms with Crippen LogP contribution in [0, 0.1) is 28.8 Å². The third-order valence-corrected chi connectivity index (χ3v) is 9.40. The maximum atomic E-state index is 16.0. The van der Waals surface area contributed by atoms with Crippen LogP contribution in [0.2, 0.25) is 0 Å². The van der Waals surface area contributed by atoms with Crippen LogP contribution in [0.3, 0.4) is 0 Å². The highest BCUT2D eigenvalue weighted by Crippen LogP contribution is 2.40. The van der Waals surface area contributed by atoms with Gasteiger partial charge in [0.05, 0.1) is 17.7 Å². The van der Waals surface area contributed by atoms with E-state index in [1.165, 1.54) is 28.9 Å². The molecule has 0 aliphatic carbocycles. The fraction of sp³-hybridized carbons (Fsp3) is 0.394. The lowest BCUT2D eigenvalue weighted by atomic mass is 9.90. The number of amides is 1. The number of carbonyl (C=O) groups is 1. The molecule has 4 aromatic rings. The van der Waals surface area contributed by atoms with Gasteiger partial charge in [-0.2, -0.15) is 5.26 Å². The van der Waals surface area contributed by atoms with Crippen LogP contribution in [-0.4, -0.2) is 54.6 Å². The monoisotopic (exact) mass is 602 g/mol. The summed E-state index contributed by atoms with van der Waals surface area (Å²) >= 11 is 0. The van der Waals surface area contributed by atoms with Crippen molar-refractivity contribution in [2.24, 2.45) is 5.73 Å². The molecule has 0 saturated carbocycles. The molecule has 2 bridgehead atoms. The third kappa shape index (κ3) is 5.02. The van der Waals surface area contributed by atoms with E-state index in [9.17, 15) is 19.6 Å². The molecule has 3 atom stereocenters. The van der Waals surface area contributed by atoms with Gasteiger partial charge in [-0.25, -0.2) is 17.9 Å². The van der Waals surface area contributed by atoms with Gasteiger partial charge in [-0.1, -0.05) is 31.2 Å². The molecule has 3 aromatic carbocycles. The summed E-state index contributed by atoms with van der Waals surface area (Å²) in [6.45, 7) is 3.53. The van der Waals surface area contributed by atoms with Gasteiger partial charge in [0.1, 0.15) is 22.9 Å². The van der Waals surface area contributed by atoms with Crippen molar-refractivity contribution in [3.05, 3.63) is 71.0 Å². The normalized spacial score (nSPS) is 19.9. The van der Waals surface area contributed by atoms with Gasteiger partial charge in [-0.3, -0.25) is 4.79 Å². The van der Waals surface area contributed by atoms with E-state index >= 15 is 8.78 Å². The van der Waals surface area contributed by atoms with Crippen molar-refractivity contribution < 1.29 is 23.1 Å². The second kappa shape index (κ2) is 11.3. The van der Waals surface area contributed by atoms with Crippen molar-refractivity contribution in [2.45, 2.75) is 82.6 Å². The van der Waals surface area contributed by atoms with Crippen LogP contribution in [0.5, 0.6) is 0 Å². The second-order valence-corrected chi connectivity index (χ2v) is 12.0. The molecule has 0 spiro atoms. The summed E-state index contributed by atoms with van der Waals surface area (Å²) in [5, 5.41) is 28.1. The van der Waals surface area contributed by atoms with Crippen LogP contribution in [0.4, 0.5) is 13.2 Å². The van der Waals surface area contributed by atoms with Crippen molar-refractivity contribution in [1.82, 2.24) is 19.9 Å². The lowest BCUT2D eigenvalue weighted by Crippen LogP contribution is -2.50. The number of fused-ring (bicyclic) bond motifs is 3. The van der Waals surface area contributed by atoms with Gasteiger partial charge in [0.25, 0.3) is 5.91 Å². The Kier molecular flexibility index (Phi) is 7.68. The molecular formula is C33H33F3N6O2. The fourth-order valence-electron chi connectivity index (χ4n) is 6.75. The van der Waals surface area contributed by atoms with E-state index in [1.807, 2.05) is 4.90 Å². The molecule has 2 saturated heterocycles. The Balaban J connectivity index is 1.48. The number of piperidine rings is 1. The molecule has 0 unspecified atom stereocenters. The second-order valence-electron chi connectivity index (χ2n) is 12.0. The summed E-state index contributed by atoms with van der Waals surface area (Å²) in [5.41, 5.74) is 5.73. The standard InChI is InChI=1S/C33H33F3N6O2/c1-3-33(44,4-2)17-41-31-28(39-40-41)15-26(29(35)30(31)36)24-10-7-19(11-25(24)18-5-6-20(16-37)27(34)12-18)32(43)42-22-8-9-23(42)14-21(38)13-22/h5-7,10-12,15,21-23,44H,3-4,8-9,13-14,17,38H2,1-2H3/t21-,22+,23-. The van der Waals surface area contributed by atoms with Crippen molar-refractivity contribution >= 4 is 16.9 Å². The molecule has 1 aromatic heterocycles. The molecule has 8 nitrogen and oxygen atoms in total. The number of benzene rings is 3. The van der Waals surface area contributed by atoms with Crippen LogP contribution in [0.25, 0.3) is 33.3 Å². The molecule has 2 aliphatic heterocycles. The zero-order valence-electron chi connectivity index (χ0n) is 24.5. The van der Waals surface area contributed by atoms with Crippen LogP contribution < -0.4 is 5.73 Å². The van der Waals surface area contributed by atoms with E-state index in [-0.39, 0.29) is 69.4 Å². The molecule has 3 N–H and O–H groups in total. The molecular weight excluding hydrogens is 569 g/mol. The quantitative estimate of drug-likeness (QED) is 0.280. The number of nitriles is 1. The predicted molar refractivity (Wildman–Crippen MR) is 159 cm³/mol. The first-order chi connectivity index (χ1) is 21.1. The molecule has 6 rings (SSSR count). The minimum absolute atomic E-state index is 0.0290. The molecule has 1 amide bonds. The van der Waals surface area contributed by atoms with E-state index in [4.69, 9.17) is 5.73 Å². The van der Waals surface area contributed by atoms with Crippen molar-refractivity contribution in [3.8, 4) is 28.3 Å². The Hall–Kier alpha value is -4.27. The van der Waals surface area contributed by atoms with Crippen molar-refractivity contribution in [2.75, 3.05) is 0 Å². The molecule has 11 heteroatoms. The van der Waals surface area contributed by atoms with Crippen molar-refractivity contribution in [3.63, 3.8) is 0 Å². The average Bonchev–Trinajstić information content (AvgIpc) is 3.55. The molecule has 3 heterocycles. The molecule has 2 fully saturated rings. The van der Waals surface area contributed by atoms with E-state index in [0.29, 0.717) is 31.2 Å². The number of nitrogens with two attached hydrogens (primary N) is 1. The Morgan fingerprint density at radius 2 is 1.73 bits per heavy atom. The highest BCUT2D eigenvalue weighted by atomic mass is 19.2. The Labute approximate surface area is 252 Å². The van der Waals surface area contributed by atoms with E-state index in [1.54, 1.807) is 32.0 Å². The minimum atomic E-state index is -1.18. The maximum Gasteiger partial charge on any atom is 0.254 e. The molecule has 2 aliphatic rings. The zero-order valence-corrected chi connectivity index (χ0v) is 24.5. The highest BCUT2D eigenvalue weighted by Gasteiger charge is 2.42. The smallest absolute Gasteiger partial charge is 0.254 e. The fourth-order valence-corrected chi connectivity index (χ4v) is 6.75. The summed E-state index contributed by atoms with van der Waals surface area (Å²) in [5.74, 6) is -3.33. The van der Waals surface area contributed by atoms with Crippen LogP contribution >= 0.6 is 0 Å². The van der Waals surface area contributed by atoms with Crippen LogP contribution in [0.15, 0.2) is 42.5 Å². The number of halogens is 3. The van der Waals surface area contributed by atoms with Gasteiger partial charge < -0.3 is 15.7 Å². The third-order valence-electron chi connectivity index (χ3n) is 9.40. The number of nitrogens with zero attached hydrogens (tertiary/aromatic N) is 5. The Morgan fingerprint density at radius 1 is 1.02 bits per heavy atom. The van der Waals surface area contributed by atoms with Gasteiger partial charge in [-0.05, 0) is 85.5 Å². The summed E-state index contributed by atoms with van der Waals surface area (Å²) in [4.78, 5) is 15.7. The van der Waals surface area contributed by atoms with Gasteiger partial charge in [0.15, 0.2) is 11.6 Å². The molecule has 0 radical (unpaired) electrons. The van der Waals surface area contributed by atoms with Gasteiger partial charge in [0.2, 0.25) is 0 Å². The maximum absolute atomic E-state index is 16.0. The lowest BCUT2D eigenvalue weighted by Gasteiger charge is -2.38. The Morgan fingerprint density at radius 3 is 2.36 bits per heavy atom. The van der Waals surface area contributed by atoms with Crippen molar-refractivity contribution in [1.29, 1.82) is 5.26 Å². The number of rotatable bonds is 7. The van der Waals surface area contributed by atoms with Gasteiger partial charge >= 0.3 is 0 Å². The van der Waals surface area contributed by atoms with E-state index in [0.717, 1.165) is 18.9 Å². The van der Waals surface area contributed by atoms with Gasteiger partial charge in [0, 0.05) is 29.3 Å². The molecule has 228 valence electrons. The SMILES string of the molecule is CCC(O)(CC)Cn1nnc2cc(-c3ccc(C(=O)N4[C@@H]5CC[C@H]4C[C@@H](N)C5)cc3-c3ccc(C#N)c(F)c3)c(F)c(F)c21. The first-order valence-corrected chi connectivity index (χ1v) is 14.9. The summed E-state index contributed by atoms with van der Waals surface area (Å²) in [6.07, 6.45) is 3.94. The lowest BCUT2D eigenvalue weighted by molar-refractivity contribution is 0.0124. The predicted octanol–water partition coefficient (Wildman–Crippen LogP) is 5.70.